The summed E-state index contributed by atoms with van der Waals surface area (Å²) in [6.07, 6.45) is 4.32. The van der Waals surface area contributed by atoms with Crippen LogP contribution in [-0.4, -0.2) is 18.5 Å². The molecular weight excluding hydrogens is 268 g/mol. The van der Waals surface area contributed by atoms with E-state index in [1.165, 1.54) is 6.92 Å². The highest BCUT2D eigenvalue weighted by atomic mass is 16.5. The number of para-hydroxylation sites is 1. The van der Waals surface area contributed by atoms with Crippen LogP contribution in [0.2, 0.25) is 0 Å². The summed E-state index contributed by atoms with van der Waals surface area (Å²) in [5, 5.41) is 0. The molecule has 0 aliphatic heterocycles. The lowest BCUT2D eigenvalue weighted by Crippen LogP contribution is -2.15. The van der Waals surface area contributed by atoms with Crippen molar-refractivity contribution in [1.29, 1.82) is 0 Å². The van der Waals surface area contributed by atoms with Crippen molar-refractivity contribution in [1.82, 2.24) is 0 Å². The first-order valence-electron chi connectivity index (χ1n) is 7.53. The standard InChI is InChI=1S/C17H24O4/c1-4-6-9-14(5-2)12-20-17(19)15-10-7-8-11-16(15)21-13(3)18/h7-8,10-11,14H,4-6,9,12H2,1-3H3. The maximum atomic E-state index is 12.1. The average molecular weight is 292 g/mol. The van der Waals surface area contributed by atoms with Gasteiger partial charge in [0, 0.05) is 6.92 Å². The molecular formula is C17H24O4. The van der Waals surface area contributed by atoms with E-state index in [4.69, 9.17) is 9.47 Å². The summed E-state index contributed by atoms with van der Waals surface area (Å²) in [5.74, 6) is -0.266. The van der Waals surface area contributed by atoms with Crippen molar-refractivity contribution >= 4 is 11.9 Å². The minimum absolute atomic E-state index is 0.247. The largest absolute Gasteiger partial charge is 0.462 e. The van der Waals surface area contributed by atoms with Crippen molar-refractivity contribution in [3.8, 4) is 5.75 Å². The van der Waals surface area contributed by atoms with E-state index in [2.05, 4.69) is 13.8 Å². The van der Waals surface area contributed by atoms with E-state index in [1.54, 1.807) is 24.3 Å². The minimum Gasteiger partial charge on any atom is -0.462 e. The van der Waals surface area contributed by atoms with Gasteiger partial charge in [-0.1, -0.05) is 45.2 Å². The summed E-state index contributed by atoms with van der Waals surface area (Å²) >= 11 is 0. The Kier molecular flexibility index (Phi) is 7.51. The Balaban J connectivity index is 2.64. The Morgan fingerprint density at radius 2 is 1.90 bits per heavy atom. The molecule has 0 amide bonds. The quantitative estimate of drug-likeness (QED) is 0.537. The highest BCUT2D eigenvalue weighted by Gasteiger charge is 2.16. The predicted octanol–water partition coefficient (Wildman–Crippen LogP) is 3.99. The van der Waals surface area contributed by atoms with E-state index in [-0.39, 0.29) is 11.3 Å². The molecule has 1 rings (SSSR count). The van der Waals surface area contributed by atoms with Gasteiger partial charge in [-0.2, -0.15) is 0 Å². The van der Waals surface area contributed by atoms with Gasteiger partial charge in [0.2, 0.25) is 0 Å². The van der Waals surface area contributed by atoms with Crippen molar-refractivity contribution in [2.24, 2.45) is 5.92 Å². The minimum atomic E-state index is -0.454. The Labute approximate surface area is 126 Å². The first-order valence-corrected chi connectivity index (χ1v) is 7.53. The molecule has 0 saturated heterocycles. The third-order valence-corrected chi connectivity index (χ3v) is 3.35. The van der Waals surface area contributed by atoms with Gasteiger partial charge in [-0.05, 0) is 24.5 Å². The number of carbonyl (C=O) groups excluding carboxylic acids is 2. The molecule has 0 N–H and O–H groups in total. The van der Waals surface area contributed by atoms with Crippen LogP contribution in [0.5, 0.6) is 5.75 Å². The van der Waals surface area contributed by atoms with E-state index < -0.39 is 11.9 Å². The molecule has 4 heteroatoms. The van der Waals surface area contributed by atoms with Gasteiger partial charge in [0.05, 0.1) is 6.61 Å². The Morgan fingerprint density at radius 1 is 1.19 bits per heavy atom. The smallest absolute Gasteiger partial charge is 0.341 e. The number of hydrogen-bond donors (Lipinski definition) is 0. The van der Waals surface area contributed by atoms with Gasteiger partial charge in [0.25, 0.3) is 0 Å². The third kappa shape index (κ3) is 5.98. The van der Waals surface area contributed by atoms with Crippen LogP contribution in [0.25, 0.3) is 0 Å². The monoisotopic (exact) mass is 292 g/mol. The number of rotatable bonds is 8. The van der Waals surface area contributed by atoms with Gasteiger partial charge in [0.15, 0.2) is 0 Å². The maximum absolute atomic E-state index is 12.1. The fourth-order valence-corrected chi connectivity index (χ4v) is 2.05. The zero-order valence-electron chi connectivity index (χ0n) is 13.1. The number of benzene rings is 1. The average Bonchev–Trinajstić information content (AvgIpc) is 2.47. The second-order valence-electron chi connectivity index (χ2n) is 5.10. The Hall–Kier alpha value is -1.84. The molecule has 0 aliphatic carbocycles. The second-order valence-corrected chi connectivity index (χ2v) is 5.10. The Morgan fingerprint density at radius 3 is 2.52 bits per heavy atom. The van der Waals surface area contributed by atoms with E-state index in [0.717, 1.165) is 25.7 Å². The fraction of sp³-hybridized carbons (Fsp3) is 0.529. The molecule has 1 aromatic carbocycles. The summed E-state index contributed by atoms with van der Waals surface area (Å²) < 4.78 is 10.4. The summed E-state index contributed by atoms with van der Waals surface area (Å²) in [6.45, 7) is 5.96. The topological polar surface area (TPSA) is 52.6 Å². The van der Waals surface area contributed by atoms with E-state index in [9.17, 15) is 9.59 Å². The van der Waals surface area contributed by atoms with E-state index in [0.29, 0.717) is 12.5 Å². The third-order valence-electron chi connectivity index (χ3n) is 3.35. The fourth-order valence-electron chi connectivity index (χ4n) is 2.05. The molecule has 0 spiro atoms. The molecule has 0 fully saturated rings. The van der Waals surface area contributed by atoms with Crippen LogP contribution in [0.4, 0.5) is 0 Å². The number of unbranched alkanes of at least 4 members (excludes halogenated alkanes) is 1. The number of esters is 2. The zero-order chi connectivity index (χ0) is 15.7. The van der Waals surface area contributed by atoms with Crippen molar-refractivity contribution in [2.45, 2.75) is 46.5 Å². The predicted molar refractivity (Wildman–Crippen MR) is 81.3 cm³/mol. The molecule has 4 nitrogen and oxygen atoms in total. The summed E-state index contributed by atoms with van der Waals surface area (Å²) in [6, 6.07) is 6.63. The highest BCUT2D eigenvalue weighted by Crippen LogP contribution is 2.20. The molecule has 1 aromatic rings. The first-order chi connectivity index (χ1) is 10.1. The van der Waals surface area contributed by atoms with Crippen LogP contribution in [-0.2, 0) is 9.53 Å². The van der Waals surface area contributed by atoms with Gasteiger partial charge in [-0.3, -0.25) is 4.79 Å². The highest BCUT2D eigenvalue weighted by molar-refractivity contribution is 5.93. The lowest BCUT2D eigenvalue weighted by Gasteiger charge is -2.15. The van der Waals surface area contributed by atoms with E-state index in [1.807, 2.05) is 0 Å². The van der Waals surface area contributed by atoms with Crippen LogP contribution < -0.4 is 4.74 Å². The molecule has 116 valence electrons. The van der Waals surface area contributed by atoms with E-state index >= 15 is 0 Å². The van der Waals surface area contributed by atoms with Crippen LogP contribution in [0, 0.1) is 5.92 Å². The summed E-state index contributed by atoms with van der Waals surface area (Å²) in [5.41, 5.74) is 0.290. The van der Waals surface area contributed by atoms with Crippen molar-refractivity contribution in [3.05, 3.63) is 29.8 Å². The molecule has 1 unspecified atom stereocenters. The van der Waals surface area contributed by atoms with Crippen molar-refractivity contribution < 1.29 is 19.1 Å². The van der Waals surface area contributed by atoms with Gasteiger partial charge in [-0.25, -0.2) is 4.79 Å². The van der Waals surface area contributed by atoms with Crippen molar-refractivity contribution in [2.75, 3.05) is 6.61 Å². The van der Waals surface area contributed by atoms with Crippen molar-refractivity contribution in [3.63, 3.8) is 0 Å². The van der Waals surface area contributed by atoms with Crippen LogP contribution in [0.1, 0.15) is 56.8 Å². The van der Waals surface area contributed by atoms with Gasteiger partial charge in [-0.15, -0.1) is 0 Å². The molecule has 21 heavy (non-hydrogen) atoms. The Bertz CT molecular complexity index is 468. The molecule has 0 aromatic heterocycles. The second kappa shape index (κ2) is 9.16. The lowest BCUT2D eigenvalue weighted by atomic mass is 10.0. The SMILES string of the molecule is CCCCC(CC)COC(=O)c1ccccc1OC(C)=O. The first kappa shape index (κ1) is 17.2. The van der Waals surface area contributed by atoms with Gasteiger partial charge >= 0.3 is 11.9 Å². The van der Waals surface area contributed by atoms with Crippen LogP contribution >= 0.6 is 0 Å². The molecule has 0 heterocycles. The van der Waals surface area contributed by atoms with Crippen LogP contribution in [0.3, 0.4) is 0 Å². The number of hydrogen-bond acceptors (Lipinski definition) is 4. The molecule has 1 atom stereocenters. The normalized spacial score (nSPS) is 11.8. The number of ether oxygens (including phenoxy) is 2. The molecule has 0 bridgehead atoms. The lowest BCUT2D eigenvalue weighted by molar-refractivity contribution is -0.131. The maximum Gasteiger partial charge on any atom is 0.341 e. The summed E-state index contributed by atoms with van der Waals surface area (Å²) in [4.78, 5) is 23.2. The van der Waals surface area contributed by atoms with Gasteiger partial charge in [0.1, 0.15) is 11.3 Å². The molecule has 0 aliphatic rings. The zero-order valence-corrected chi connectivity index (χ0v) is 13.1. The van der Waals surface area contributed by atoms with Crippen LogP contribution in [0.15, 0.2) is 24.3 Å². The molecule has 0 radical (unpaired) electrons. The van der Waals surface area contributed by atoms with Gasteiger partial charge < -0.3 is 9.47 Å². The number of carbonyl (C=O) groups is 2. The molecule has 0 saturated carbocycles. The summed E-state index contributed by atoms with van der Waals surface area (Å²) in [7, 11) is 0.